The Morgan fingerprint density at radius 3 is 2.45 bits per heavy atom. The van der Waals surface area contributed by atoms with E-state index in [1.54, 1.807) is 25.2 Å². The van der Waals surface area contributed by atoms with Crippen molar-refractivity contribution in [2.24, 2.45) is 0 Å². The van der Waals surface area contributed by atoms with Gasteiger partial charge >= 0.3 is 0 Å². The number of aromatic nitrogens is 1. The summed E-state index contributed by atoms with van der Waals surface area (Å²) in [5.74, 6) is 1.85. The van der Waals surface area contributed by atoms with Crippen molar-refractivity contribution in [3.8, 4) is 17.0 Å². The van der Waals surface area contributed by atoms with Gasteiger partial charge in [-0.25, -0.2) is 4.98 Å². The summed E-state index contributed by atoms with van der Waals surface area (Å²) in [5, 5.41) is 13.3. The summed E-state index contributed by atoms with van der Waals surface area (Å²) in [6.45, 7) is 11.4. The Kier molecular flexibility index (Phi) is 7.81. The van der Waals surface area contributed by atoms with Crippen LogP contribution in [0.15, 0.2) is 41.8 Å². The van der Waals surface area contributed by atoms with Crippen molar-refractivity contribution < 1.29 is 9.84 Å². The molecular formula is C24H32ClN3O2S. The predicted molar refractivity (Wildman–Crippen MR) is 133 cm³/mol. The van der Waals surface area contributed by atoms with Gasteiger partial charge in [-0.1, -0.05) is 6.92 Å². The van der Waals surface area contributed by atoms with Crippen LogP contribution in [0.1, 0.15) is 27.2 Å². The maximum Gasteiger partial charge on any atom is 0.138 e. The summed E-state index contributed by atoms with van der Waals surface area (Å²) in [5.41, 5.74) is 1.22. The highest BCUT2D eigenvalue weighted by Crippen LogP contribution is 2.34. The lowest BCUT2D eigenvalue weighted by Gasteiger charge is -2.35. The number of thiophene rings is 1. The number of hydrogen-bond donors (Lipinski definition) is 1. The standard InChI is InChI=1S/C24H31N3O2S.ClH/c1-4-10-26-11-13-27(14-12-26)23-20-9-15-30-22(20)16-21(25-23)18-5-7-19(8-6-18)29-17-24(2,3)28;/h5-9,15-16,28H,4,10-14,17H2,1-3H3;1H. The van der Waals surface area contributed by atoms with Crippen LogP contribution in [0.25, 0.3) is 21.3 Å². The van der Waals surface area contributed by atoms with E-state index in [1.807, 2.05) is 24.3 Å². The van der Waals surface area contributed by atoms with Crippen molar-refractivity contribution >= 4 is 39.6 Å². The SMILES string of the molecule is CCCN1CCN(c2nc(-c3ccc(OCC(C)(C)O)cc3)cc3sccc23)CC1.Cl. The van der Waals surface area contributed by atoms with Gasteiger partial charge in [0, 0.05) is 41.8 Å². The second-order valence-corrected chi connectivity index (χ2v) is 9.57. The zero-order valence-corrected chi connectivity index (χ0v) is 20.1. The smallest absolute Gasteiger partial charge is 0.138 e. The zero-order valence-electron chi connectivity index (χ0n) is 18.5. The summed E-state index contributed by atoms with van der Waals surface area (Å²) in [7, 11) is 0. The predicted octanol–water partition coefficient (Wildman–Crippen LogP) is 5.07. The van der Waals surface area contributed by atoms with E-state index in [4.69, 9.17) is 9.72 Å². The van der Waals surface area contributed by atoms with E-state index in [1.165, 1.54) is 23.1 Å². The highest BCUT2D eigenvalue weighted by molar-refractivity contribution is 7.17. The first-order chi connectivity index (χ1) is 14.4. The fraction of sp³-hybridized carbons (Fsp3) is 0.458. The number of nitrogens with zero attached hydrogens (tertiary/aromatic N) is 3. The average Bonchev–Trinajstić information content (AvgIpc) is 3.21. The fourth-order valence-corrected chi connectivity index (χ4v) is 4.64. The second-order valence-electron chi connectivity index (χ2n) is 8.62. The van der Waals surface area contributed by atoms with Crippen LogP contribution >= 0.6 is 23.7 Å². The Bertz CT molecular complexity index is 977. The Balaban J connectivity index is 0.00000272. The van der Waals surface area contributed by atoms with E-state index < -0.39 is 5.60 Å². The van der Waals surface area contributed by atoms with Crippen LogP contribution in [0.4, 0.5) is 5.82 Å². The largest absolute Gasteiger partial charge is 0.491 e. The van der Waals surface area contributed by atoms with Gasteiger partial charge < -0.3 is 14.7 Å². The molecule has 0 spiro atoms. The molecule has 0 unspecified atom stereocenters. The van der Waals surface area contributed by atoms with Gasteiger partial charge in [-0.15, -0.1) is 23.7 Å². The molecule has 3 heterocycles. The molecule has 0 amide bonds. The molecule has 2 aromatic heterocycles. The van der Waals surface area contributed by atoms with Gasteiger partial charge in [0.05, 0.1) is 11.3 Å². The van der Waals surface area contributed by atoms with Crippen LogP contribution in [-0.4, -0.2) is 59.9 Å². The number of fused-ring (bicyclic) bond motifs is 1. The molecule has 0 bridgehead atoms. The number of rotatable bonds is 7. The Morgan fingerprint density at radius 2 is 1.81 bits per heavy atom. The van der Waals surface area contributed by atoms with Crippen LogP contribution in [0.2, 0.25) is 0 Å². The summed E-state index contributed by atoms with van der Waals surface area (Å²) >= 11 is 1.77. The van der Waals surface area contributed by atoms with Crippen molar-refractivity contribution in [3.05, 3.63) is 41.8 Å². The minimum Gasteiger partial charge on any atom is -0.491 e. The molecule has 31 heavy (non-hydrogen) atoms. The molecule has 1 fully saturated rings. The van der Waals surface area contributed by atoms with Crippen LogP contribution in [0, 0.1) is 0 Å². The molecule has 1 N–H and O–H groups in total. The minimum absolute atomic E-state index is 0. The highest BCUT2D eigenvalue weighted by atomic mass is 35.5. The molecule has 1 aromatic carbocycles. The number of anilines is 1. The Morgan fingerprint density at radius 1 is 1.10 bits per heavy atom. The van der Waals surface area contributed by atoms with Crippen molar-refractivity contribution in [2.75, 3.05) is 44.2 Å². The van der Waals surface area contributed by atoms with Crippen molar-refractivity contribution in [1.82, 2.24) is 9.88 Å². The van der Waals surface area contributed by atoms with E-state index in [2.05, 4.69) is 34.2 Å². The third kappa shape index (κ3) is 5.89. The summed E-state index contributed by atoms with van der Waals surface area (Å²) in [4.78, 5) is 10.1. The average molecular weight is 462 g/mol. The number of pyridine rings is 1. The normalized spacial score (nSPS) is 15.2. The lowest BCUT2D eigenvalue weighted by molar-refractivity contribution is 0.0285. The molecule has 7 heteroatoms. The van der Waals surface area contributed by atoms with E-state index >= 15 is 0 Å². The number of benzene rings is 1. The molecule has 0 radical (unpaired) electrons. The van der Waals surface area contributed by atoms with Crippen LogP contribution in [0.3, 0.4) is 0 Å². The zero-order chi connectivity index (χ0) is 21.1. The number of aliphatic hydroxyl groups is 1. The maximum atomic E-state index is 9.85. The molecular weight excluding hydrogens is 430 g/mol. The number of halogens is 1. The molecule has 0 saturated carbocycles. The van der Waals surface area contributed by atoms with Crippen LogP contribution < -0.4 is 9.64 Å². The molecule has 0 aliphatic carbocycles. The molecule has 4 rings (SSSR count). The number of hydrogen-bond acceptors (Lipinski definition) is 6. The third-order valence-electron chi connectivity index (χ3n) is 5.38. The van der Waals surface area contributed by atoms with Crippen molar-refractivity contribution in [3.63, 3.8) is 0 Å². The number of piperazine rings is 1. The maximum absolute atomic E-state index is 9.85. The summed E-state index contributed by atoms with van der Waals surface area (Å²) in [6, 6.07) is 12.4. The third-order valence-corrected chi connectivity index (χ3v) is 6.25. The molecule has 1 aliphatic rings. The lowest BCUT2D eigenvalue weighted by Crippen LogP contribution is -2.46. The fourth-order valence-electron chi connectivity index (χ4n) is 3.82. The van der Waals surface area contributed by atoms with E-state index in [9.17, 15) is 5.11 Å². The van der Waals surface area contributed by atoms with Gasteiger partial charge in [0.15, 0.2) is 0 Å². The van der Waals surface area contributed by atoms with Gasteiger partial charge in [0.2, 0.25) is 0 Å². The van der Waals surface area contributed by atoms with Gasteiger partial charge in [0.1, 0.15) is 18.2 Å². The quantitative estimate of drug-likeness (QED) is 0.532. The van der Waals surface area contributed by atoms with Crippen molar-refractivity contribution in [2.45, 2.75) is 32.8 Å². The summed E-state index contributed by atoms with van der Waals surface area (Å²) in [6.07, 6.45) is 1.21. The minimum atomic E-state index is -0.847. The first-order valence-corrected chi connectivity index (χ1v) is 11.6. The molecule has 5 nitrogen and oxygen atoms in total. The first kappa shape index (κ1) is 23.8. The van der Waals surface area contributed by atoms with E-state index in [0.29, 0.717) is 0 Å². The van der Waals surface area contributed by atoms with Gasteiger partial charge in [-0.05, 0) is 68.6 Å². The molecule has 1 saturated heterocycles. The van der Waals surface area contributed by atoms with Gasteiger partial charge in [-0.3, -0.25) is 4.90 Å². The van der Waals surface area contributed by atoms with E-state index in [-0.39, 0.29) is 19.0 Å². The lowest BCUT2D eigenvalue weighted by atomic mass is 10.1. The molecule has 1 aliphatic heterocycles. The summed E-state index contributed by atoms with van der Waals surface area (Å²) < 4.78 is 6.96. The Labute approximate surface area is 195 Å². The molecule has 0 atom stereocenters. The topological polar surface area (TPSA) is 48.8 Å². The van der Waals surface area contributed by atoms with Crippen molar-refractivity contribution in [1.29, 1.82) is 0 Å². The van der Waals surface area contributed by atoms with Crippen LogP contribution in [0.5, 0.6) is 5.75 Å². The highest BCUT2D eigenvalue weighted by Gasteiger charge is 2.21. The van der Waals surface area contributed by atoms with E-state index in [0.717, 1.165) is 49.0 Å². The second kappa shape index (κ2) is 10.2. The number of ether oxygens (including phenoxy) is 1. The molecule has 3 aromatic rings. The van der Waals surface area contributed by atoms with Gasteiger partial charge in [0.25, 0.3) is 0 Å². The van der Waals surface area contributed by atoms with Gasteiger partial charge in [-0.2, -0.15) is 0 Å². The Hall–Kier alpha value is -1.86. The monoisotopic (exact) mass is 461 g/mol. The first-order valence-electron chi connectivity index (χ1n) is 10.7. The molecule has 168 valence electrons. The van der Waals surface area contributed by atoms with Crippen LogP contribution in [-0.2, 0) is 0 Å².